The predicted octanol–water partition coefficient (Wildman–Crippen LogP) is 6.27. The molecule has 0 fully saturated rings. The molecule has 1 atom stereocenters. The van der Waals surface area contributed by atoms with Gasteiger partial charge in [-0.1, -0.05) is 40.9 Å². The fourth-order valence-corrected chi connectivity index (χ4v) is 3.50. The Kier molecular flexibility index (Phi) is 5.11. The molecule has 0 saturated carbocycles. The second kappa shape index (κ2) is 6.50. The molecular formula is C14H13Cl3NO2P. The van der Waals surface area contributed by atoms with Gasteiger partial charge in [0, 0.05) is 11.7 Å². The maximum Gasteiger partial charge on any atom is 0.338 e. The van der Waals surface area contributed by atoms with Crippen molar-refractivity contribution in [3.05, 3.63) is 57.0 Å². The first kappa shape index (κ1) is 16.5. The van der Waals surface area contributed by atoms with Crippen LogP contribution in [0.5, 0.6) is 5.75 Å². The van der Waals surface area contributed by atoms with Crippen molar-refractivity contribution in [3.63, 3.8) is 0 Å². The number of nitrogens with one attached hydrogen (secondary N) is 1. The van der Waals surface area contributed by atoms with Crippen LogP contribution in [0, 0.1) is 6.92 Å². The lowest BCUT2D eigenvalue weighted by atomic mass is 10.2. The van der Waals surface area contributed by atoms with E-state index < -0.39 is 7.52 Å². The average molecular weight is 365 g/mol. The summed E-state index contributed by atoms with van der Waals surface area (Å²) >= 11 is 18.0. The lowest BCUT2D eigenvalue weighted by molar-refractivity contribution is 0.493. The molecule has 1 unspecified atom stereocenters. The van der Waals surface area contributed by atoms with Crippen molar-refractivity contribution in [1.29, 1.82) is 0 Å². The van der Waals surface area contributed by atoms with Crippen molar-refractivity contribution in [3.8, 4) is 5.75 Å². The minimum Gasteiger partial charge on any atom is -0.427 e. The van der Waals surface area contributed by atoms with Crippen molar-refractivity contribution in [2.24, 2.45) is 0 Å². The van der Waals surface area contributed by atoms with E-state index in [2.05, 4.69) is 5.09 Å². The van der Waals surface area contributed by atoms with Gasteiger partial charge in [0.1, 0.15) is 5.75 Å². The minimum absolute atomic E-state index is 0.355. The van der Waals surface area contributed by atoms with Crippen LogP contribution in [0.15, 0.2) is 36.4 Å². The Hall–Kier alpha value is -0.860. The van der Waals surface area contributed by atoms with Gasteiger partial charge in [-0.2, -0.15) is 0 Å². The van der Waals surface area contributed by atoms with Crippen molar-refractivity contribution >= 4 is 48.0 Å². The molecular weight excluding hydrogens is 351 g/mol. The Morgan fingerprint density at radius 1 is 1.05 bits per heavy atom. The minimum atomic E-state index is -3.21. The molecule has 21 heavy (non-hydrogen) atoms. The summed E-state index contributed by atoms with van der Waals surface area (Å²) in [7, 11) is -3.21. The normalized spacial score (nSPS) is 13.6. The number of halogens is 3. The summed E-state index contributed by atoms with van der Waals surface area (Å²) in [6.07, 6.45) is 0. The van der Waals surface area contributed by atoms with E-state index in [9.17, 15) is 4.57 Å². The first-order valence-electron chi connectivity index (χ1n) is 6.03. The third kappa shape index (κ3) is 4.55. The highest BCUT2D eigenvalue weighted by molar-refractivity contribution is 7.60. The van der Waals surface area contributed by atoms with E-state index >= 15 is 0 Å². The van der Waals surface area contributed by atoms with Crippen LogP contribution < -0.4 is 9.61 Å². The zero-order chi connectivity index (χ0) is 15.6. The fourth-order valence-electron chi connectivity index (χ4n) is 1.69. The van der Waals surface area contributed by atoms with Crippen molar-refractivity contribution < 1.29 is 9.09 Å². The van der Waals surface area contributed by atoms with E-state index in [1.165, 1.54) is 6.66 Å². The third-order valence-electron chi connectivity index (χ3n) is 2.61. The predicted molar refractivity (Wildman–Crippen MR) is 90.4 cm³/mol. The van der Waals surface area contributed by atoms with Gasteiger partial charge in [0.25, 0.3) is 0 Å². The summed E-state index contributed by atoms with van der Waals surface area (Å²) in [5.41, 5.74) is 1.40. The number of aryl methyl sites for hydroxylation is 1. The number of hydrogen-bond donors (Lipinski definition) is 1. The van der Waals surface area contributed by atoms with E-state index in [0.29, 0.717) is 26.5 Å². The van der Waals surface area contributed by atoms with Gasteiger partial charge in [0.2, 0.25) is 0 Å². The van der Waals surface area contributed by atoms with Gasteiger partial charge in [-0.05, 0) is 42.8 Å². The maximum absolute atomic E-state index is 12.6. The average Bonchev–Trinajstić information content (AvgIpc) is 2.37. The third-order valence-corrected chi connectivity index (χ3v) is 4.68. The second-order valence-electron chi connectivity index (χ2n) is 4.61. The molecule has 0 saturated heterocycles. The van der Waals surface area contributed by atoms with Crippen LogP contribution in [0.1, 0.15) is 5.56 Å². The number of rotatable bonds is 4. The Labute approximate surface area is 138 Å². The molecule has 0 aliphatic carbocycles. The summed E-state index contributed by atoms with van der Waals surface area (Å²) in [5.74, 6) is 0.355. The van der Waals surface area contributed by atoms with E-state index in [1.54, 1.807) is 30.3 Å². The van der Waals surface area contributed by atoms with Crippen molar-refractivity contribution in [2.75, 3.05) is 11.8 Å². The van der Waals surface area contributed by atoms with E-state index in [0.717, 1.165) is 5.56 Å². The van der Waals surface area contributed by atoms with Gasteiger partial charge in [-0.25, -0.2) is 0 Å². The van der Waals surface area contributed by atoms with Crippen LogP contribution in [0.4, 0.5) is 5.69 Å². The standard InChI is InChI=1S/C14H13Cl3NO2P/c1-9-3-5-12(17)14(7-9)20-21(2,19)18-13-8-10(15)4-6-11(13)16/h3-8H,1-2H3,(H,18,19). The Morgan fingerprint density at radius 2 is 1.71 bits per heavy atom. The molecule has 0 aromatic heterocycles. The molecule has 0 radical (unpaired) electrons. The van der Waals surface area contributed by atoms with Crippen LogP contribution >= 0.6 is 42.3 Å². The van der Waals surface area contributed by atoms with E-state index in [-0.39, 0.29) is 0 Å². The topological polar surface area (TPSA) is 38.3 Å². The molecule has 0 bridgehead atoms. The zero-order valence-corrected chi connectivity index (χ0v) is 14.5. The smallest absolute Gasteiger partial charge is 0.338 e. The Morgan fingerprint density at radius 3 is 2.43 bits per heavy atom. The molecule has 112 valence electrons. The van der Waals surface area contributed by atoms with Gasteiger partial charge in [0.15, 0.2) is 0 Å². The van der Waals surface area contributed by atoms with Gasteiger partial charge in [-0.15, -0.1) is 0 Å². The Balaban J connectivity index is 2.24. The SMILES string of the molecule is Cc1ccc(Cl)c(OP(C)(=O)Nc2cc(Cl)ccc2Cl)c1. The second-order valence-corrected chi connectivity index (χ2v) is 7.96. The molecule has 3 nitrogen and oxygen atoms in total. The van der Waals surface area contributed by atoms with Gasteiger partial charge < -0.3 is 9.61 Å². The van der Waals surface area contributed by atoms with Crippen LogP contribution in [0.2, 0.25) is 15.1 Å². The van der Waals surface area contributed by atoms with E-state index in [1.807, 2.05) is 13.0 Å². The molecule has 2 rings (SSSR count). The van der Waals surface area contributed by atoms with Crippen LogP contribution in [0.25, 0.3) is 0 Å². The fraction of sp³-hybridized carbons (Fsp3) is 0.143. The molecule has 2 aromatic rings. The van der Waals surface area contributed by atoms with E-state index in [4.69, 9.17) is 39.3 Å². The van der Waals surface area contributed by atoms with Crippen molar-refractivity contribution in [2.45, 2.75) is 6.92 Å². The lowest BCUT2D eigenvalue weighted by Gasteiger charge is -2.19. The largest absolute Gasteiger partial charge is 0.427 e. The molecule has 0 aliphatic heterocycles. The molecule has 0 aliphatic rings. The highest BCUT2D eigenvalue weighted by Gasteiger charge is 2.20. The quantitative estimate of drug-likeness (QED) is 0.650. The summed E-state index contributed by atoms with van der Waals surface area (Å²) < 4.78 is 18.1. The molecule has 7 heteroatoms. The molecule has 0 amide bonds. The number of anilines is 1. The summed E-state index contributed by atoms with van der Waals surface area (Å²) in [4.78, 5) is 0. The molecule has 0 spiro atoms. The highest BCUT2D eigenvalue weighted by Crippen LogP contribution is 2.47. The van der Waals surface area contributed by atoms with Gasteiger partial charge in [0.05, 0.1) is 15.7 Å². The molecule has 1 N–H and O–H groups in total. The maximum atomic E-state index is 12.6. The number of hydrogen-bond acceptors (Lipinski definition) is 2. The molecule has 0 heterocycles. The summed E-state index contributed by atoms with van der Waals surface area (Å²) in [6, 6.07) is 10.1. The lowest BCUT2D eigenvalue weighted by Crippen LogP contribution is -2.03. The summed E-state index contributed by atoms with van der Waals surface area (Å²) in [5, 5.41) is 4.06. The van der Waals surface area contributed by atoms with Gasteiger partial charge in [-0.3, -0.25) is 4.57 Å². The number of benzene rings is 2. The Bertz CT molecular complexity index is 664. The summed E-state index contributed by atoms with van der Waals surface area (Å²) in [6.45, 7) is 3.34. The highest BCUT2D eigenvalue weighted by atomic mass is 35.5. The zero-order valence-electron chi connectivity index (χ0n) is 11.4. The first-order valence-corrected chi connectivity index (χ1v) is 9.24. The van der Waals surface area contributed by atoms with Crippen LogP contribution in [0.3, 0.4) is 0 Å². The molecule has 2 aromatic carbocycles. The van der Waals surface area contributed by atoms with Crippen LogP contribution in [-0.4, -0.2) is 6.66 Å². The monoisotopic (exact) mass is 363 g/mol. The van der Waals surface area contributed by atoms with Gasteiger partial charge >= 0.3 is 7.52 Å². The van der Waals surface area contributed by atoms with Crippen LogP contribution in [-0.2, 0) is 4.57 Å². The van der Waals surface area contributed by atoms with Crippen molar-refractivity contribution in [1.82, 2.24) is 0 Å². The first-order chi connectivity index (χ1) is 9.77.